The summed E-state index contributed by atoms with van der Waals surface area (Å²) in [5.74, 6) is 2.50. The number of rotatable bonds is 9. The molecule has 25 heavy (non-hydrogen) atoms. The predicted molar refractivity (Wildman–Crippen MR) is 94.2 cm³/mol. The number of terminal acetylenes is 1. The second-order valence-corrected chi connectivity index (χ2v) is 9.31. The summed E-state index contributed by atoms with van der Waals surface area (Å²) in [5, 5.41) is 10.9. The summed E-state index contributed by atoms with van der Waals surface area (Å²) in [6, 6.07) is -0.335. The van der Waals surface area contributed by atoms with Gasteiger partial charge in [-0.1, -0.05) is 12.8 Å². The lowest BCUT2D eigenvalue weighted by Gasteiger charge is -2.32. The maximum atomic E-state index is 12.3. The summed E-state index contributed by atoms with van der Waals surface area (Å²) < 4.78 is 27.2. The third-order valence-corrected chi connectivity index (χ3v) is 7.18. The molecule has 3 rings (SSSR count). The van der Waals surface area contributed by atoms with E-state index in [1.807, 2.05) is 0 Å². The topological polar surface area (TPSA) is 100.0 Å². The first-order valence-electron chi connectivity index (χ1n) is 9.12. The minimum atomic E-state index is -3.24. The fourth-order valence-electron chi connectivity index (χ4n) is 3.39. The monoisotopic (exact) mass is 366 g/mol. The van der Waals surface area contributed by atoms with Crippen molar-refractivity contribution in [3.05, 3.63) is 0 Å². The summed E-state index contributed by atoms with van der Waals surface area (Å²) in [7, 11) is -3.24. The van der Waals surface area contributed by atoms with Crippen LogP contribution < -0.4 is 10.0 Å². The molecule has 0 saturated heterocycles. The van der Waals surface area contributed by atoms with E-state index < -0.39 is 15.7 Å². The maximum absolute atomic E-state index is 12.3. The van der Waals surface area contributed by atoms with Crippen LogP contribution in [0.4, 0.5) is 0 Å². The zero-order valence-electron chi connectivity index (χ0n) is 14.4. The first-order chi connectivity index (χ1) is 11.9. The molecule has 1 aliphatic heterocycles. The predicted octanol–water partition coefficient (Wildman–Crippen LogP) is 1.85. The van der Waals surface area contributed by atoms with Crippen LogP contribution in [0.15, 0.2) is 10.2 Å². The first-order valence-corrected chi connectivity index (χ1v) is 10.7. The van der Waals surface area contributed by atoms with Gasteiger partial charge in [-0.15, -0.1) is 12.3 Å². The average molecular weight is 366 g/mol. The average Bonchev–Trinajstić information content (AvgIpc) is 3.47. The van der Waals surface area contributed by atoms with Gasteiger partial charge in [0.25, 0.3) is 0 Å². The van der Waals surface area contributed by atoms with Crippen molar-refractivity contribution in [2.45, 2.75) is 87.2 Å². The molecule has 8 heteroatoms. The second kappa shape index (κ2) is 7.42. The van der Waals surface area contributed by atoms with Crippen molar-refractivity contribution in [1.29, 1.82) is 0 Å². The van der Waals surface area contributed by atoms with E-state index >= 15 is 0 Å². The molecule has 7 nitrogen and oxygen atoms in total. The van der Waals surface area contributed by atoms with Crippen LogP contribution in [0.1, 0.15) is 64.2 Å². The van der Waals surface area contributed by atoms with Crippen LogP contribution in [0.3, 0.4) is 0 Å². The van der Waals surface area contributed by atoms with Crippen molar-refractivity contribution < 1.29 is 13.2 Å². The zero-order valence-corrected chi connectivity index (χ0v) is 15.2. The van der Waals surface area contributed by atoms with E-state index in [0.717, 1.165) is 38.5 Å². The third-order valence-electron chi connectivity index (χ3n) is 5.20. The molecule has 0 aromatic heterocycles. The Morgan fingerprint density at radius 3 is 2.40 bits per heavy atom. The van der Waals surface area contributed by atoms with Gasteiger partial charge in [-0.2, -0.15) is 10.2 Å². The molecule has 0 spiro atoms. The van der Waals surface area contributed by atoms with Gasteiger partial charge in [-0.05, 0) is 25.7 Å². The van der Waals surface area contributed by atoms with Gasteiger partial charge in [0.15, 0.2) is 5.66 Å². The van der Waals surface area contributed by atoms with E-state index in [9.17, 15) is 13.2 Å². The molecule has 0 radical (unpaired) electrons. The fourth-order valence-corrected chi connectivity index (χ4v) is 5.04. The molecule has 0 bridgehead atoms. The molecule has 2 saturated carbocycles. The zero-order chi connectivity index (χ0) is 17.9. The largest absolute Gasteiger partial charge is 0.352 e. The Morgan fingerprint density at radius 2 is 1.80 bits per heavy atom. The summed E-state index contributed by atoms with van der Waals surface area (Å²) in [4.78, 5) is 12.3. The number of sulfonamides is 1. The fraction of sp³-hybridized carbons (Fsp3) is 0.824. The maximum Gasteiger partial charge on any atom is 0.220 e. The Hall–Kier alpha value is -1.46. The summed E-state index contributed by atoms with van der Waals surface area (Å²) in [6.07, 6.45) is 12.5. The van der Waals surface area contributed by atoms with Gasteiger partial charge in [0.2, 0.25) is 15.9 Å². The van der Waals surface area contributed by atoms with E-state index in [-0.39, 0.29) is 23.2 Å². The van der Waals surface area contributed by atoms with Gasteiger partial charge in [0.05, 0.1) is 5.25 Å². The van der Waals surface area contributed by atoms with Gasteiger partial charge >= 0.3 is 0 Å². The molecule has 2 aliphatic carbocycles. The van der Waals surface area contributed by atoms with Crippen molar-refractivity contribution in [3.63, 3.8) is 0 Å². The number of hydrogen-bond acceptors (Lipinski definition) is 5. The van der Waals surface area contributed by atoms with E-state index in [1.165, 1.54) is 0 Å². The van der Waals surface area contributed by atoms with E-state index in [2.05, 4.69) is 26.2 Å². The molecule has 0 aromatic rings. The van der Waals surface area contributed by atoms with Crippen LogP contribution in [-0.4, -0.2) is 37.3 Å². The van der Waals surface area contributed by atoms with Gasteiger partial charge in [0.1, 0.15) is 0 Å². The normalized spacial score (nSPS) is 27.5. The van der Waals surface area contributed by atoms with Crippen molar-refractivity contribution in [2.24, 2.45) is 10.2 Å². The molecular weight excluding hydrogens is 340 g/mol. The molecule has 1 amide bonds. The Kier molecular flexibility index (Phi) is 5.44. The molecule has 2 fully saturated rings. The number of nitrogens with zero attached hydrogens (tertiary/aromatic N) is 2. The molecular formula is C17H26N4O3S. The van der Waals surface area contributed by atoms with E-state index in [0.29, 0.717) is 25.7 Å². The molecule has 0 aromatic carbocycles. The molecule has 2 N–H and O–H groups in total. The van der Waals surface area contributed by atoms with Crippen molar-refractivity contribution >= 4 is 15.9 Å². The summed E-state index contributed by atoms with van der Waals surface area (Å²) in [6.45, 7) is 0. The van der Waals surface area contributed by atoms with Crippen LogP contribution in [0.2, 0.25) is 0 Å². The smallest absolute Gasteiger partial charge is 0.220 e. The summed E-state index contributed by atoms with van der Waals surface area (Å²) >= 11 is 0. The van der Waals surface area contributed by atoms with Crippen LogP contribution in [0, 0.1) is 12.3 Å². The number of carbonyl (C=O) groups excluding carboxylic acids is 1. The lowest BCUT2D eigenvalue weighted by molar-refractivity contribution is -0.122. The first kappa shape index (κ1) is 18.3. The molecule has 3 aliphatic rings. The minimum absolute atomic E-state index is 0.0695. The molecule has 0 unspecified atom stereocenters. The Bertz CT molecular complexity index is 672. The van der Waals surface area contributed by atoms with E-state index in [1.54, 1.807) is 0 Å². The van der Waals surface area contributed by atoms with Gasteiger partial charge < -0.3 is 5.32 Å². The van der Waals surface area contributed by atoms with Gasteiger partial charge in [-0.25, -0.2) is 13.1 Å². The lowest BCUT2D eigenvalue weighted by atomic mass is 9.91. The number of amides is 1. The third kappa shape index (κ3) is 5.02. The van der Waals surface area contributed by atoms with E-state index in [4.69, 9.17) is 6.42 Å². The lowest BCUT2D eigenvalue weighted by Crippen LogP contribution is -2.53. The van der Waals surface area contributed by atoms with Crippen molar-refractivity contribution in [3.8, 4) is 12.3 Å². The standard InChI is InChI=1S/C17H26N4O3S/c1-2-3-11-17(20-21-17)12-10-16(22)18-14-6-4-5-7-15(14)19-25(23,24)13-8-9-13/h1,13-15,19H,3-12H2,(H,18,22)/t14-,15-/m1/s1. The SMILES string of the molecule is C#CCCC1(CCC(=O)N[C@@H]2CCCC[C@H]2NS(=O)(=O)C2CC2)N=N1. The second-order valence-electron chi connectivity index (χ2n) is 7.31. The molecule has 1 heterocycles. The van der Waals surface area contributed by atoms with Gasteiger partial charge in [0, 0.05) is 37.8 Å². The number of nitrogens with one attached hydrogen (secondary N) is 2. The summed E-state index contributed by atoms with van der Waals surface area (Å²) in [5.41, 5.74) is -0.455. The Labute approximate surface area is 149 Å². The Balaban J connectivity index is 1.48. The number of carbonyl (C=O) groups is 1. The van der Waals surface area contributed by atoms with Crippen LogP contribution >= 0.6 is 0 Å². The highest BCUT2D eigenvalue weighted by molar-refractivity contribution is 7.90. The highest BCUT2D eigenvalue weighted by atomic mass is 32.2. The van der Waals surface area contributed by atoms with Crippen LogP contribution in [0.25, 0.3) is 0 Å². The van der Waals surface area contributed by atoms with Crippen LogP contribution in [0.5, 0.6) is 0 Å². The molecule has 138 valence electrons. The van der Waals surface area contributed by atoms with Crippen molar-refractivity contribution in [1.82, 2.24) is 10.0 Å². The van der Waals surface area contributed by atoms with Crippen LogP contribution in [-0.2, 0) is 14.8 Å². The quantitative estimate of drug-likeness (QED) is 0.609. The Morgan fingerprint density at radius 1 is 1.12 bits per heavy atom. The van der Waals surface area contributed by atoms with Gasteiger partial charge in [-0.3, -0.25) is 4.79 Å². The highest BCUT2D eigenvalue weighted by Crippen LogP contribution is 2.37. The minimum Gasteiger partial charge on any atom is -0.352 e. The highest BCUT2D eigenvalue weighted by Gasteiger charge is 2.41. The van der Waals surface area contributed by atoms with Crippen molar-refractivity contribution in [2.75, 3.05) is 0 Å². The number of hydrogen-bond donors (Lipinski definition) is 2. The molecule has 2 atom stereocenters.